The van der Waals surface area contributed by atoms with Gasteiger partial charge in [-0.05, 0) is 36.8 Å². The first-order valence-electron chi connectivity index (χ1n) is 9.98. The number of carbonyl (C=O) groups excluding carboxylic acids is 2. The predicted octanol–water partition coefficient (Wildman–Crippen LogP) is 4.25. The first-order valence-corrected chi connectivity index (χ1v) is 10.7. The summed E-state index contributed by atoms with van der Waals surface area (Å²) in [5.41, 5.74) is 1.35. The molecule has 0 aliphatic heterocycles. The molecule has 1 heterocycles. The van der Waals surface area contributed by atoms with Gasteiger partial charge in [-0.2, -0.15) is 0 Å². The monoisotopic (exact) mass is 453 g/mol. The van der Waals surface area contributed by atoms with Gasteiger partial charge in [-0.15, -0.1) is 0 Å². The van der Waals surface area contributed by atoms with Crippen molar-refractivity contribution >= 4 is 35.0 Å². The van der Waals surface area contributed by atoms with Gasteiger partial charge < -0.3 is 19.1 Å². The maximum absolute atomic E-state index is 13.2. The summed E-state index contributed by atoms with van der Waals surface area (Å²) in [6.45, 7) is 3.77. The second kappa shape index (κ2) is 12.0. The predicted molar refractivity (Wildman–Crippen MR) is 120 cm³/mol. The Morgan fingerprint density at radius 3 is 2.50 bits per heavy atom. The van der Waals surface area contributed by atoms with E-state index in [0.29, 0.717) is 30.3 Å². The van der Waals surface area contributed by atoms with Crippen LogP contribution in [0.5, 0.6) is 0 Å². The molecule has 0 fully saturated rings. The maximum atomic E-state index is 13.2. The third kappa shape index (κ3) is 6.76. The molecular weight excluding hydrogens is 425 g/mol. The lowest BCUT2D eigenvalue weighted by molar-refractivity contribution is -0.132. The SMILES string of the molecule is CCCCN(Cc1cccn1C)C(=O)CN(CCOC)C(=O)c1ccc(Cl)cc1Cl. The van der Waals surface area contributed by atoms with Gasteiger partial charge in [0.15, 0.2) is 0 Å². The fourth-order valence-corrected chi connectivity index (χ4v) is 3.54. The molecule has 164 valence electrons. The Bertz CT molecular complexity index is 854. The maximum Gasteiger partial charge on any atom is 0.255 e. The van der Waals surface area contributed by atoms with E-state index >= 15 is 0 Å². The lowest BCUT2D eigenvalue weighted by Crippen LogP contribution is -2.44. The van der Waals surface area contributed by atoms with Crippen molar-refractivity contribution in [3.8, 4) is 0 Å². The molecule has 0 unspecified atom stereocenters. The van der Waals surface area contributed by atoms with Crippen LogP contribution in [0.4, 0.5) is 0 Å². The normalized spacial score (nSPS) is 10.8. The second-order valence-electron chi connectivity index (χ2n) is 7.12. The van der Waals surface area contributed by atoms with Gasteiger partial charge in [0.1, 0.15) is 6.54 Å². The lowest BCUT2D eigenvalue weighted by Gasteiger charge is -2.28. The van der Waals surface area contributed by atoms with Crippen molar-refractivity contribution in [3.63, 3.8) is 0 Å². The van der Waals surface area contributed by atoms with Gasteiger partial charge in [0.05, 0.1) is 23.7 Å². The first kappa shape index (κ1) is 24.3. The van der Waals surface area contributed by atoms with Crippen LogP contribution < -0.4 is 0 Å². The van der Waals surface area contributed by atoms with Crippen LogP contribution in [0.25, 0.3) is 0 Å². The van der Waals surface area contributed by atoms with Crippen molar-refractivity contribution in [1.82, 2.24) is 14.4 Å². The number of amides is 2. The summed E-state index contributed by atoms with van der Waals surface area (Å²) in [5.74, 6) is -0.435. The Morgan fingerprint density at radius 1 is 1.13 bits per heavy atom. The highest BCUT2D eigenvalue weighted by Gasteiger charge is 2.24. The van der Waals surface area contributed by atoms with Crippen molar-refractivity contribution in [2.75, 3.05) is 33.4 Å². The molecule has 6 nitrogen and oxygen atoms in total. The van der Waals surface area contributed by atoms with Crippen LogP contribution >= 0.6 is 23.2 Å². The van der Waals surface area contributed by atoms with Crippen LogP contribution in [0.15, 0.2) is 36.5 Å². The van der Waals surface area contributed by atoms with E-state index in [0.717, 1.165) is 18.5 Å². The van der Waals surface area contributed by atoms with Gasteiger partial charge >= 0.3 is 0 Å². The zero-order valence-corrected chi connectivity index (χ0v) is 19.2. The summed E-state index contributed by atoms with van der Waals surface area (Å²) in [6, 6.07) is 8.66. The molecule has 1 aromatic carbocycles. The molecule has 0 atom stereocenters. The highest BCUT2D eigenvalue weighted by Crippen LogP contribution is 2.22. The largest absolute Gasteiger partial charge is 0.383 e. The molecule has 0 aliphatic carbocycles. The zero-order valence-electron chi connectivity index (χ0n) is 17.7. The van der Waals surface area contributed by atoms with E-state index in [1.165, 1.54) is 11.0 Å². The summed E-state index contributed by atoms with van der Waals surface area (Å²) in [7, 11) is 3.51. The smallest absolute Gasteiger partial charge is 0.255 e. The second-order valence-corrected chi connectivity index (χ2v) is 7.97. The van der Waals surface area contributed by atoms with E-state index in [-0.39, 0.29) is 29.9 Å². The summed E-state index contributed by atoms with van der Waals surface area (Å²) in [6.07, 6.45) is 3.82. The Labute approximate surface area is 188 Å². The first-order chi connectivity index (χ1) is 14.4. The van der Waals surface area contributed by atoms with E-state index in [9.17, 15) is 9.59 Å². The Balaban J connectivity index is 2.19. The van der Waals surface area contributed by atoms with Crippen molar-refractivity contribution in [3.05, 3.63) is 57.8 Å². The standard InChI is InChI=1S/C22H29Cl2N3O3/c1-4-5-11-26(15-18-7-6-10-25(18)2)21(28)16-27(12-13-30-3)22(29)19-9-8-17(23)14-20(19)24/h6-10,14H,4-5,11-13,15-16H2,1-3H3. The molecule has 30 heavy (non-hydrogen) atoms. The number of halogens is 2. The molecule has 0 saturated carbocycles. The van der Waals surface area contributed by atoms with E-state index in [2.05, 4.69) is 6.92 Å². The number of rotatable bonds is 11. The summed E-state index contributed by atoms with van der Waals surface area (Å²) in [5, 5.41) is 0.707. The van der Waals surface area contributed by atoms with Crippen LogP contribution in [0.1, 0.15) is 35.8 Å². The van der Waals surface area contributed by atoms with E-state index in [1.54, 1.807) is 24.1 Å². The van der Waals surface area contributed by atoms with E-state index in [1.807, 2.05) is 29.9 Å². The fraction of sp³-hybridized carbons (Fsp3) is 0.455. The van der Waals surface area contributed by atoms with Crippen molar-refractivity contribution < 1.29 is 14.3 Å². The van der Waals surface area contributed by atoms with Crippen molar-refractivity contribution in [1.29, 1.82) is 0 Å². The average Bonchev–Trinajstić information content (AvgIpc) is 3.12. The number of nitrogens with zero attached hydrogens (tertiary/aromatic N) is 3. The number of hydrogen-bond donors (Lipinski definition) is 0. The Morgan fingerprint density at radius 2 is 1.90 bits per heavy atom. The topological polar surface area (TPSA) is 54.8 Å². The Kier molecular flexibility index (Phi) is 9.69. The summed E-state index contributed by atoms with van der Waals surface area (Å²) >= 11 is 12.2. The van der Waals surface area contributed by atoms with Gasteiger partial charge in [-0.25, -0.2) is 0 Å². The molecule has 0 saturated heterocycles. The van der Waals surface area contributed by atoms with Crippen LogP contribution in [-0.4, -0.2) is 59.5 Å². The molecule has 2 amide bonds. The Hall–Kier alpha value is -2.02. The molecule has 0 N–H and O–H groups in total. The van der Waals surface area contributed by atoms with Gasteiger partial charge in [-0.1, -0.05) is 36.5 Å². The quantitative estimate of drug-likeness (QED) is 0.510. The molecular formula is C22H29Cl2N3O3. The van der Waals surface area contributed by atoms with Crippen molar-refractivity contribution in [2.24, 2.45) is 7.05 Å². The average molecular weight is 454 g/mol. The van der Waals surface area contributed by atoms with Crippen LogP contribution in [0.2, 0.25) is 10.0 Å². The summed E-state index contributed by atoms with van der Waals surface area (Å²) in [4.78, 5) is 29.5. The highest BCUT2D eigenvalue weighted by atomic mass is 35.5. The third-order valence-corrected chi connectivity index (χ3v) is 5.43. The van der Waals surface area contributed by atoms with Gasteiger partial charge in [0.25, 0.3) is 5.91 Å². The number of aromatic nitrogens is 1. The minimum atomic E-state index is -0.323. The molecule has 2 rings (SSSR count). The number of ether oxygens (including phenoxy) is 1. The van der Waals surface area contributed by atoms with Gasteiger partial charge in [0, 0.05) is 44.2 Å². The van der Waals surface area contributed by atoms with Crippen LogP contribution in [-0.2, 0) is 23.1 Å². The molecule has 8 heteroatoms. The van der Waals surface area contributed by atoms with Gasteiger partial charge in [0.2, 0.25) is 5.91 Å². The molecule has 2 aromatic rings. The molecule has 0 radical (unpaired) electrons. The zero-order chi connectivity index (χ0) is 22.1. The van der Waals surface area contributed by atoms with E-state index in [4.69, 9.17) is 27.9 Å². The number of unbranched alkanes of at least 4 members (excludes halogenated alkanes) is 1. The van der Waals surface area contributed by atoms with Crippen molar-refractivity contribution in [2.45, 2.75) is 26.3 Å². The van der Waals surface area contributed by atoms with E-state index < -0.39 is 0 Å². The van der Waals surface area contributed by atoms with Gasteiger partial charge in [-0.3, -0.25) is 9.59 Å². The number of hydrogen-bond acceptors (Lipinski definition) is 3. The fourth-order valence-electron chi connectivity index (χ4n) is 3.05. The molecule has 0 spiro atoms. The summed E-state index contributed by atoms with van der Waals surface area (Å²) < 4.78 is 7.13. The highest BCUT2D eigenvalue weighted by molar-refractivity contribution is 6.36. The minimum absolute atomic E-state index is 0.0463. The molecule has 0 bridgehead atoms. The molecule has 0 aliphatic rings. The molecule has 1 aromatic heterocycles. The minimum Gasteiger partial charge on any atom is -0.383 e. The van der Waals surface area contributed by atoms with Crippen LogP contribution in [0.3, 0.4) is 0 Å². The lowest BCUT2D eigenvalue weighted by atomic mass is 10.2. The number of benzene rings is 1. The third-order valence-electron chi connectivity index (χ3n) is 4.88. The number of methoxy groups -OCH3 is 1. The van der Waals surface area contributed by atoms with Crippen LogP contribution in [0, 0.1) is 0 Å². The number of carbonyl (C=O) groups is 2. The number of aryl methyl sites for hydroxylation is 1.